The Morgan fingerprint density at radius 2 is 2.05 bits per heavy atom. The first-order chi connectivity index (χ1) is 9.65. The van der Waals surface area contributed by atoms with Crippen LogP contribution >= 0.6 is 0 Å². The first kappa shape index (κ1) is 14.4. The van der Waals surface area contributed by atoms with E-state index in [-0.39, 0.29) is 6.04 Å². The van der Waals surface area contributed by atoms with Gasteiger partial charge in [-0.25, -0.2) is 4.98 Å². The molecule has 1 aromatic heterocycles. The van der Waals surface area contributed by atoms with Crippen LogP contribution in [0.5, 0.6) is 5.75 Å². The highest BCUT2D eigenvalue weighted by Gasteiger charge is 2.13. The van der Waals surface area contributed by atoms with Gasteiger partial charge in [0, 0.05) is 19.3 Å². The molecule has 1 unspecified atom stereocenters. The van der Waals surface area contributed by atoms with Crippen LogP contribution in [-0.2, 0) is 4.74 Å². The molecule has 0 bridgehead atoms. The molecule has 0 aliphatic rings. The van der Waals surface area contributed by atoms with Gasteiger partial charge in [0.05, 0.1) is 25.1 Å². The van der Waals surface area contributed by atoms with Crippen molar-refractivity contribution in [3.05, 3.63) is 36.2 Å². The highest BCUT2D eigenvalue weighted by atomic mass is 16.5. The zero-order valence-corrected chi connectivity index (χ0v) is 12.4. The molecule has 0 aliphatic heterocycles. The Balaban J connectivity index is 2.36. The Bertz CT molecular complexity index is 566. The van der Waals surface area contributed by atoms with Crippen molar-refractivity contribution in [2.75, 3.05) is 26.1 Å². The minimum atomic E-state index is 0.176. The molecule has 0 fully saturated rings. The summed E-state index contributed by atoms with van der Waals surface area (Å²) in [5, 5.41) is 3.35. The van der Waals surface area contributed by atoms with Crippen molar-refractivity contribution < 1.29 is 9.47 Å². The third kappa shape index (κ3) is 3.11. The molecule has 0 amide bonds. The van der Waals surface area contributed by atoms with Crippen molar-refractivity contribution in [3.63, 3.8) is 0 Å². The molecule has 5 nitrogen and oxygen atoms in total. The summed E-state index contributed by atoms with van der Waals surface area (Å²) < 4.78 is 12.6. The molecule has 1 heterocycles. The van der Waals surface area contributed by atoms with Crippen molar-refractivity contribution in [2.45, 2.75) is 19.9 Å². The monoisotopic (exact) mass is 275 g/mol. The van der Waals surface area contributed by atoms with Crippen molar-refractivity contribution >= 4 is 5.95 Å². The van der Waals surface area contributed by atoms with Crippen LogP contribution in [0.1, 0.15) is 12.6 Å². The topological polar surface area (TPSA) is 48.3 Å². The second-order valence-corrected chi connectivity index (χ2v) is 4.75. The summed E-state index contributed by atoms with van der Waals surface area (Å²) in [6, 6.07) is 8.05. The molecule has 0 spiro atoms. The molecule has 2 rings (SSSR count). The number of hydrogen-bond donors (Lipinski definition) is 1. The normalized spacial score (nSPS) is 12.2. The number of nitrogens with one attached hydrogen (secondary N) is 1. The minimum Gasteiger partial charge on any atom is -0.495 e. The Kier molecular flexibility index (Phi) is 4.63. The number of hydrogen-bond acceptors (Lipinski definition) is 4. The van der Waals surface area contributed by atoms with Crippen molar-refractivity contribution in [3.8, 4) is 11.4 Å². The highest BCUT2D eigenvalue weighted by Crippen LogP contribution is 2.26. The zero-order valence-electron chi connectivity index (χ0n) is 12.4. The molecule has 0 aliphatic carbocycles. The number of nitrogens with zero attached hydrogens (tertiary/aromatic N) is 2. The van der Waals surface area contributed by atoms with Crippen LogP contribution in [0, 0.1) is 6.92 Å². The van der Waals surface area contributed by atoms with Gasteiger partial charge in [0.1, 0.15) is 5.75 Å². The predicted molar refractivity (Wildman–Crippen MR) is 79.8 cm³/mol. The van der Waals surface area contributed by atoms with E-state index in [0.29, 0.717) is 6.61 Å². The molecule has 2 aromatic rings. The van der Waals surface area contributed by atoms with E-state index >= 15 is 0 Å². The molecule has 1 N–H and O–H groups in total. The van der Waals surface area contributed by atoms with Crippen LogP contribution in [0.3, 0.4) is 0 Å². The number of para-hydroxylation sites is 2. The summed E-state index contributed by atoms with van der Waals surface area (Å²) in [6.07, 6.45) is 1.99. The summed E-state index contributed by atoms with van der Waals surface area (Å²) in [6.45, 7) is 4.65. The molecule has 1 atom stereocenters. The van der Waals surface area contributed by atoms with Gasteiger partial charge in [-0.15, -0.1) is 0 Å². The minimum absolute atomic E-state index is 0.176. The standard InChI is InChI=1S/C15H21N3O2/c1-11-9-18(13-7-5-6-8-14(13)20-4)15(16-11)17-12(2)10-19-3/h5-9,12H,10H2,1-4H3,(H,16,17). The van der Waals surface area contributed by atoms with Crippen LogP contribution in [0.15, 0.2) is 30.5 Å². The fraction of sp³-hybridized carbons (Fsp3) is 0.400. The van der Waals surface area contributed by atoms with Gasteiger partial charge in [-0.3, -0.25) is 4.57 Å². The Labute approximate surface area is 119 Å². The number of ether oxygens (including phenoxy) is 2. The molecule has 1 aromatic carbocycles. The van der Waals surface area contributed by atoms with Gasteiger partial charge in [-0.2, -0.15) is 0 Å². The second kappa shape index (κ2) is 6.43. The predicted octanol–water partition coefficient (Wildman–Crippen LogP) is 2.64. The van der Waals surface area contributed by atoms with Gasteiger partial charge in [0.25, 0.3) is 0 Å². The summed E-state index contributed by atoms with van der Waals surface area (Å²) in [7, 11) is 3.36. The molecule has 0 radical (unpaired) electrons. The van der Waals surface area contributed by atoms with Gasteiger partial charge >= 0.3 is 0 Å². The van der Waals surface area contributed by atoms with E-state index in [1.165, 1.54) is 0 Å². The first-order valence-corrected chi connectivity index (χ1v) is 6.60. The molecule has 0 saturated carbocycles. The molecule has 0 saturated heterocycles. The quantitative estimate of drug-likeness (QED) is 0.880. The van der Waals surface area contributed by atoms with Crippen molar-refractivity contribution in [1.29, 1.82) is 0 Å². The number of aromatic nitrogens is 2. The lowest BCUT2D eigenvalue weighted by Gasteiger charge is -2.16. The van der Waals surface area contributed by atoms with E-state index in [1.54, 1.807) is 14.2 Å². The average molecular weight is 275 g/mol. The van der Waals surface area contributed by atoms with Gasteiger partial charge in [0.2, 0.25) is 5.95 Å². The van der Waals surface area contributed by atoms with Gasteiger partial charge in [-0.1, -0.05) is 12.1 Å². The Hall–Kier alpha value is -2.01. The SMILES string of the molecule is COCC(C)Nc1nc(C)cn1-c1ccccc1OC. The van der Waals surface area contributed by atoms with Gasteiger partial charge < -0.3 is 14.8 Å². The Morgan fingerprint density at radius 1 is 1.30 bits per heavy atom. The zero-order chi connectivity index (χ0) is 14.5. The van der Waals surface area contributed by atoms with Crippen molar-refractivity contribution in [2.24, 2.45) is 0 Å². The number of methoxy groups -OCH3 is 2. The van der Waals surface area contributed by atoms with Crippen LogP contribution < -0.4 is 10.1 Å². The molecular formula is C15H21N3O2. The lowest BCUT2D eigenvalue weighted by atomic mass is 10.3. The van der Waals surface area contributed by atoms with E-state index < -0.39 is 0 Å². The fourth-order valence-electron chi connectivity index (χ4n) is 2.12. The summed E-state index contributed by atoms with van der Waals surface area (Å²) in [5.41, 5.74) is 1.91. The van der Waals surface area contributed by atoms with E-state index in [4.69, 9.17) is 9.47 Å². The molecule has 108 valence electrons. The summed E-state index contributed by atoms with van der Waals surface area (Å²) in [5.74, 6) is 1.60. The number of rotatable bonds is 6. The van der Waals surface area contributed by atoms with Crippen LogP contribution in [0.25, 0.3) is 5.69 Å². The average Bonchev–Trinajstić information content (AvgIpc) is 2.79. The highest BCUT2D eigenvalue weighted by molar-refractivity contribution is 5.52. The smallest absolute Gasteiger partial charge is 0.208 e. The van der Waals surface area contributed by atoms with E-state index in [9.17, 15) is 0 Å². The van der Waals surface area contributed by atoms with Gasteiger partial charge in [-0.05, 0) is 26.0 Å². The molecule has 20 heavy (non-hydrogen) atoms. The molecule has 5 heteroatoms. The largest absolute Gasteiger partial charge is 0.495 e. The number of benzene rings is 1. The van der Waals surface area contributed by atoms with E-state index in [0.717, 1.165) is 23.1 Å². The maximum Gasteiger partial charge on any atom is 0.208 e. The number of imidazole rings is 1. The van der Waals surface area contributed by atoms with E-state index in [1.807, 2.05) is 42.0 Å². The summed E-state index contributed by atoms with van der Waals surface area (Å²) >= 11 is 0. The third-order valence-electron chi connectivity index (χ3n) is 2.96. The van der Waals surface area contributed by atoms with Crippen LogP contribution in [-0.4, -0.2) is 36.4 Å². The lowest BCUT2D eigenvalue weighted by molar-refractivity contribution is 0.190. The first-order valence-electron chi connectivity index (χ1n) is 6.60. The number of aryl methyl sites for hydroxylation is 1. The fourth-order valence-corrected chi connectivity index (χ4v) is 2.12. The van der Waals surface area contributed by atoms with E-state index in [2.05, 4.69) is 17.2 Å². The lowest BCUT2D eigenvalue weighted by Crippen LogP contribution is -2.23. The second-order valence-electron chi connectivity index (χ2n) is 4.75. The Morgan fingerprint density at radius 3 is 2.75 bits per heavy atom. The maximum atomic E-state index is 5.42. The third-order valence-corrected chi connectivity index (χ3v) is 2.96. The van der Waals surface area contributed by atoms with Crippen LogP contribution in [0.2, 0.25) is 0 Å². The van der Waals surface area contributed by atoms with Crippen molar-refractivity contribution in [1.82, 2.24) is 9.55 Å². The molecular weight excluding hydrogens is 254 g/mol. The number of anilines is 1. The summed E-state index contributed by atoms with van der Waals surface area (Å²) in [4.78, 5) is 4.53. The van der Waals surface area contributed by atoms with Gasteiger partial charge in [0.15, 0.2) is 0 Å². The maximum absolute atomic E-state index is 5.42. The van der Waals surface area contributed by atoms with Crippen LogP contribution in [0.4, 0.5) is 5.95 Å².